The second kappa shape index (κ2) is 7.44. The lowest BCUT2D eigenvalue weighted by Crippen LogP contribution is -2.27. The van der Waals surface area contributed by atoms with Gasteiger partial charge in [0.15, 0.2) is 0 Å². The molecule has 2 amide bonds. The predicted octanol–water partition coefficient (Wildman–Crippen LogP) is 2.06. The zero-order valence-corrected chi connectivity index (χ0v) is 11.1. The van der Waals surface area contributed by atoms with Crippen molar-refractivity contribution < 1.29 is 9.59 Å². The Morgan fingerprint density at radius 1 is 1.18 bits per heavy atom. The molecule has 4 heteroatoms. The van der Waals surface area contributed by atoms with E-state index in [1.54, 1.807) is 38.4 Å². The molecule has 0 fully saturated rings. The Labute approximate surface area is 103 Å². The molecular weight excluding hydrogens is 216 g/mol. The number of benzene rings is 1. The number of carbonyl (C=O) groups excluding carboxylic acids is 2. The summed E-state index contributed by atoms with van der Waals surface area (Å²) in [5.74, 6) is -0.301. The van der Waals surface area contributed by atoms with Gasteiger partial charge in [0.1, 0.15) is 0 Å². The molecule has 1 N–H and O–H groups in total. The number of nitrogens with one attached hydrogen (secondary N) is 1. The highest BCUT2D eigenvalue weighted by atomic mass is 16.2. The number of para-hydroxylation sites is 1. The van der Waals surface area contributed by atoms with Crippen molar-refractivity contribution in [3.63, 3.8) is 0 Å². The number of hydrogen-bond donors (Lipinski definition) is 1. The van der Waals surface area contributed by atoms with E-state index in [4.69, 9.17) is 0 Å². The minimum Gasteiger partial charge on any atom is -0.355 e. The van der Waals surface area contributed by atoms with E-state index in [1.807, 2.05) is 13.8 Å². The van der Waals surface area contributed by atoms with Gasteiger partial charge < -0.3 is 10.2 Å². The van der Waals surface area contributed by atoms with Crippen molar-refractivity contribution in [3.8, 4) is 0 Å². The molecular formula is C13H20N2O2. The second-order valence-corrected chi connectivity index (χ2v) is 3.17. The number of rotatable bonds is 2. The Balaban J connectivity index is 0.00000121. The fourth-order valence-corrected chi connectivity index (χ4v) is 1.26. The summed E-state index contributed by atoms with van der Waals surface area (Å²) in [5.41, 5.74) is 1.11. The maximum Gasteiger partial charge on any atom is 0.253 e. The molecule has 17 heavy (non-hydrogen) atoms. The van der Waals surface area contributed by atoms with Gasteiger partial charge >= 0.3 is 0 Å². The van der Waals surface area contributed by atoms with E-state index >= 15 is 0 Å². The van der Waals surface area contributed by atoms with E-state index < -0.39 is 0 Å². The van der Waals surface area contributed by atoms with Gasteiger partial charge in [0.2, 0.25) is 5.91 Å². The van der Waals surface area contributed by atoms with Crippen LogP contribution in [0, 0.1) is 0 Å². The summed E-state index contributed by atoms with van der Waals surface area (Å²) in [6, 6.07) is 6.99. The molecule has 0 aliphatic carbocycles. The van der Waals surface area contributed by atoms with Crippen molar-refractivity contribution >= 4 is 17.5 Å². The van der Waals surface area contributed by atoms with Crippen LogP contribution < -0.4 is 10.2 Å². The van der Waals surface area contributed by atoms with Gasteiger partial charge in [-0.1, -0.05) is 26.0 Å². The molecule has 0 aliphatic rings. The van der Waals surface area contributed by atoms with Crippen LogP contribution in [0.25, 0.3) is 0 Å². The highest BCUT2D eigenvalue weighted by Gasteiger charge is 2.14. The third-order valence-corrected chi connectivity index (χ3v) is 2.21. The molecule has 0 radical (unpaired) electrons. The molecule has 0 aliphatic heterocycles. The second-order valence-electron chi connectivity index (χ2n) is 3.17. The molecule has 0 aromatic heterocycles. The first kappa shape index (κ1) is 15.2. The van der Waals surface area contributed by atoms with Gasteiger partial charge in [0, 0.05) is 21.0 Å². The van der Waals surface area contributed by atoms with E-state index in [2.05, 4.69) is 5.32 Å². The standard InChI is InChI=1S/C11H14N2O2.C2H6/c1-8(14)13(3)10-7-5-4-6-9(10)11(15)12-2;1-2/h4-7H,1-3H3,(H,12,15);1-2H3. The average molecular weight is 236 g/mol. The maximum atomic E-state index is 11.5. The minimum atomic E-state index is -0.196. The molecule has 0 heterocycles. The van der Waals surface area contributed by atoms with Gasteiger partial charge in [0.05, 0.1) is 11.3 Å². The summed E-state index contributed by atoms with van der Waals surface area (Å²) >= 11 is 0. The number of amides is 2. The summed E-state index contributed by atoms with van der Waals surface area (Å²) < 4.78 is 0. The van der Waals surface area contributed by atoms with Crippen molar-refractivity contribution in [1.82, 2.24) is 5.32 Å². The molecule has 4 nitrogen and oxygen atoms in total. The summed E-state index contributed by atoms with van der Waals surface area (Å²) in [6.07, 6.45) is 0. The van der Waals surface area contributed by atoms with E-state index in [9.17, 15) is 9.59 Å². The molecule has 0 saturated heterocycles. The summed E-state index contributed by atoms with van der Waals surface area (Å²) in [7, 11) is 3.21. The third-order valence-electron chi connectivity index (χ3n) is 2.21. The molecule has 0 atom stereocenters. The van der Waals surface area contributed by atoms with E-state index in [0.29, 0.717) is 11.3 Å². The minimum absolute atomic E-state index is 0.105. The topological polar surface area (TPSA) is 49.4 Å². The van der Waals surface area contributed by atoms with Crippen LogP contribution in [0.2, 0.25) is 0 Å². The van der Waals surface area contributed by atoms with Gasteiger partial charge in [-0.2, -0.15) is 0 Å². The molecule has 0 unspecified atom stereocenters. The Hall–Kier alpha value is -1.84. The van der Waals surface area contributed by atoms with Gasteiger partial charge in [-0.3, -0.25) is 9.59 Å². The van der Waals surface area contributed by atoms with Crippen LogP contribution in [0.15, 0.2) is 24.3 Å². The Morgan fingerprint density at radius 2 is 1.71 bits per heavy atom. The highest BCUT2D eigenvalue weighted by molar-refractivity contribution is 6.03. The molecule has 1 aromatic carbocycles. The van der Waals surface area contributed by atoms with Gasteiger partial charge in [-0.25, -0.2) is 0 Å². The van der Waals surface area contributed by atoms with Crippen LogP contribution in [0.4, 0.5) is 5.69 Å². The largest absolute Gasteiger partial charge is 0.355 e. The predicted molar refractivity (Wildman–Crippen MR) is 70.3 cm³/mol. The van der Waals surface area contributed by atoms with Crippen LogP contribution >= 0.6 is 0 Å². The quantitative estimate of drug-likeness (QED) is 0.854. The molecule has 1 rings (SSSR count). The zero-order chi connectivity index (χ0) is 13.4. The van der Waals surface area contributed by atoms with Gasteiger partial charge in [-0.15, -0.1) is 0 Å². The van der Waals surface area contributed by atoms with Crippen LogP contribution in [0.5, 0.6) is 0 Å². The molecule has 0 bridgehead atoms. The van der Waals surface area contributed by atoms with Gasteiger partial charge in [0.25, 0.3) is 5.91 Å². The van der Waals surface area contributed by atoms with Crippen LogP contribution in [-0.2, 0) is 4.79 Å². The lowest BCUT2D eigenvalue weighted by atomic mass is 10.1. The lowest BCUT2D eigenvalue weighted by Gasteiger charge is -2.18. The summed E-state index contributed by atoms with van der Waals surface area (Å²) in [5, 5.41) is 2.54. The zero-order valence-electron chi connectivity index (χ0n) is 11.1. The molecule has 94 valence electrons. The Bertz CT molecular complexity index is 389. The first-order valence-electron chi connectivity index (χ1n) is 5.63. The van der Waals surface area contributed by atoms with Crippen molar-refractivity contribution in [2.45, 2.75) is 20.8 Å². The monoisotopic (exact) mass is 236 g/mol. The van der Waals surface area contributed by atoms with E-state index in [1.165, 1.54) is 11.8 Å². The number of carbonyl (C=O) groups is 2. The summed E-state index contributed by atoms with van der Waals surface area (Å²) in [6.45, 7) is 5.46. The van der Waals surface area contributed by atoms with Gasteiger partial charge in [-0.05, 0) is 12.1 Å². The normalized spacial score (nSPS) is 8.76. The van der Waals surface area contributed by atoms with Crippen molar-refractivity contribution in [2.75, 3.05) is 19.0 Å². The van der Waals surface area contributed by atoms with E-state index in [0.717, 1.165) is 0 Å². The fraction of sp³-hybridized carbons (Fsp3) is 0.385. The van der Waals surface area contributed by atoms with Crippen LogP contribution in [-0.4, -0.2) is 25.9 Å². The van der Waals surface area contributed by atoms with Crippen molar-refractivity contribution in [2.24, 2.45) is 0 Å². The number of anilines is 1. The first-order valence-corrected chi connectivity index (χ1v) is 5.63. The Morgan fingerprint density at radius 3 is 2.18 bits per heavy atom. The molecule has 1 aromatic rings. The highest BCUT2D eigenvalue weighted by Crippen LogP contribution is 2.18. The number of hydrogen-bond acceptors (Lipinski definition) is 2. The van der Waals surface area contributed by atoms with E-state index in [-0.39, 0.29) is 11.8 Å². The number of nitrogens with zero attached hydrogens (tertiary/aromatic N) is 1. The van der Waals surface area contributed by atoms with Crippen LogP contribution in [0.3, 0.4) is 0 Å². The Kier molecular flexibility index (Phi) is 6.63. The van der Waals surface area contributed by atoms with Crippen LogP contribution in [0.1, 0.15) is 31.1 Å². The van der Waals surface area contributed by atoms with Crippen molar-refractivity contribution in [1.29, 1.82) is 0 Å². The van der Waals surface area contributed by atoms with Crippen molar-refractivity contribution in [3.05, 3.63) is 29.8 Å². The molecule has 0 spiro atoms. The first-order chi connectivity index (χ1) is 8.07. The summed E-state index contributed by atoms with van der Waals surface area (Å²) in [4.78, 5) is 24.2. The SMILES string of the molecule is CC.CNC(=O)c1ccccc1N(C)C(C)=O. The fourth-order valence-electron chi connectivity index (χ4n) is 1.26. The smallest absolute Gasteiger partial charge is 0.253 e. The molecule has 0 saturated carbocycles. The maximum absolute atomic E-state index is 11.5. The lowest BCUT2D eigenvalue weighted by molar-refractivity contribution is -0.116. The third kappa shape index (κ3) is 3.90. The average Bonchev–Trinajstić information content (AvgIpc) is 2.39.